The van der Waals surface area contributed by atoms with Crippen LogP contribution >= 0.6 is 15.9 Å². The Labute approximate surface area is 114 Å². The van der Waals surface area contributed by atoms with Crippen molar-refractivity contribution in [1.82, 2.24) is 0 Å². The van der Waals surface area contributed by atoms with Gasteiger partial charge >= 0.3 is 0 Å². The van der Waals surface area contributed by atoms with Gasteiger partial charge in [-0.1, -0.05) is 40.2 Å². The summed E-state index contributed by atoms with van der Waals surface area (Å²) in [4.78, 5) is 0. The lowest BCUT2D eigenvalue weighted by Gasteiger charge is -2.10. The molecule has 0 radical (unpaired) electrons. The molecule has 0 saturated carbocycles. The molecule has 0 fully saturated rings. The van der Waals surface area contributed by atoms with Gasteiger partial charge in [0, 0.05) is 11.0 Å². The van der Waals surface area contributed by atoms with Crippen LogP contribution in [0.4, 0.5) is 4.39 Å². The maximum Gasteiger partial charge on any atom is 0.165 e. The van der Waals surface area contributed by atoms with Gasteiger partial charge in [0.1, 0.15) is 6.61 Å². The molecule has 0 aliphatic rings. The first-order chi connectivity index (χ1) is 8.70. The molecule has 2 aromatic rings. The third-order valence-electron chi connectivity index (χ3n) is 2.61. The van der Waals surface area contributed by atoms with Crippen LogP contribution in [0.15, 0.2) is 46.9 Å². The Hall–Kier alpha value is -1.39. The predicted molar refractivity (Wildman–Crippen MR) is 72.8 cm³/mol. The number of halogens is 2. The van der Waals surface area contributed by atoms with Crippen LogP contribution in [-0.2, 0) is 13.2 Å². The number of rotatable bonds is 4. The summed E-state index contributed by atoms with van der Waals surface area (Å²) >= 11 is 3.28. The summed E-state index contributed by atoms with van der Waals surface area (Å²) in [5, 5.41) is 0. The molecule has 2 rings (SSSR count). The van der Waals surface area contributed by atoms with Gasteiger partial charge in [-0.05, 0) is 29.3 Å². The van der Waals surface area contributed by atoms with Crippen LogP contribution in [0.25, 0.3) is 0 Å². The third kappa shape index (κ3) is 3.09. The fraction of sp³-hybridized carbons (Fsp3) is 0.143. The van der Waals surface area contributed by atoms with Crippen molar-refractivity contribution in [2.45, 2.75) is 13.2 Å². The number of benzene rings is 2. The Morgan fingerprint density at radius 3 is 2.56 bits per heavy atom. The average molecular weight is 310 g/mol. The number of ether oxygens (including phenoxy) is 1. The lowest BCUT2D eigenvalue weighted by molar-refractivity contribution is 0.289. The summed E-state index contributed by atoms with van der Waals surface area (Å²) in [6, 6.07) is 12.3. The zero-order chi connectivity index (χ0) is 13.0. The molecule has 0 unspecified atom stereocenters. The van der Waals surface area contributed by atoms with E-state index in [2.05, 4.69) is 15.9 Å². The number of hydrogen-bond acceptors (Lipinski definition) is 2. The van der Waals surface area contributed by atoms with E-state index < -0.39 is 0 Å². The fourth-order valence-electron chi connectivity index (χ4n) is 1.64. The van der Waals surface area contributed by atoms with Crippen molar-refractivity contribution < 1.29 is 9.13 Å². The quantitative estimate of drug-likeness (QED) is 0.936. The molecule has 18 heavy (non-hydrogen) atoms. The third-order valence-corrected chi connectivity index (χ3v) is 3.11. The molecule has 0 aromatic heterocycles. The smallest absolute Gasteiger partial charge is 0.165 e. The fourth-order valence-corrected chi connectivity index (χ4v) is 1.98. The highest BCUT2D eigenvalue weighted by atomic mass is 79.9. The van der Waals surface area contributed by atoms with E-state index in [0.29, 0.717) is 13.2 Å². The molecule has 0 amide bonds. The SMILES string of the molecule is NCc1ccccc1COc1cc(Br)ccc1F. The summed E-state index contributed by atoms with van der Waals surface area (Å²) in [7, 11) is 0. The molecule has 0 heterocycles. The molecule has 0 atom stereocenters. The first-order valence-electron chi connectivity index (χ1n) is 5.55. The van der Waals surface area contributed by atoms with Crippen LogP contribution in [0.5, 0.6) is 5.75 Å². The van der Waals surface area contributed by atoms with Crippen LogP contribution in [0.3, 0.4) is 0 Å². The molecule has 0 aliphatic carbocycles. The van der Waals surface area contributed by atoms with Crippen LogP contribution in [0.2, 0.25) is 0 Å². The second kappa shape index (κ2) is 5.98. The van der Waals surface area contributed by atoms with Crippen molar-refractivity contribution in [2.75, 3.05) is 0 Å². The normalized spacial score (nSPS) is 10.4. The lowest BCUT2D eigenvalue weighted by atomic mass is 10.1. The molecule has 4 heteroatoms. The summed E-state index contributed by atoms with van der Waals surface area (Å²) < 4.78 is 19.8. The molecule has 94 valence electrons. The van der Waals surface area contributed by atoms with E-state index in [4.69, 9.17) is 10.5 Å². The largest absolute Gasteiger partial charge is 0.486 e. The van der Waals surface area contributed by atoms with E-state index in [9.17, 15) is 4.39 Å². The van der Waals surface area contributed by atoms with E-state index in [1.165, 1.54) is 6.07 Å². The summed E-state index contributed by atoms with van der Waals surface area (Å²) in [6.45, 7) is 0.751. The molecule has 2 nitrogen and oxygen atoms in total. The summed E-state index contributed by atoms with van der Waals surface area (Å²) in [5.41, 5.74) is 7.62. The van der Waals surface area contributed by atoms with Crippen molar-refractivity contribution in [3.63, 3.8) is 0 Å². The summed E-state index contributed by atoms with van der Waals surface area (Å²) in [5.74, 6) is -0.139. The predicted octanol–water partition coefficient (Wildman–Crippen LogP) is 3.63. The van der Waals surface area contributed by atoms with Gasteiger partial charge in [0.25, 0.3) is 0 Å². The van der Waals surface area contributed by atoms with Gasteiger partial charge in [-0.2, -0.15) is 0 Å². The highest BCUT2D eigenvalue weighted by molar-refractivity contribution is 9.10. The molecular formula is C14H13BrFNO. The Morgan fingerprint density at radius 2 is 1.83 bits per heavy atom. The van der Waals surface area contributed by atoms with Gasteiger partial charge in [-0.25, -0.2) is 4.39 Å². The Morgan fingerprint density at radius 1 is 1.11 bits per heavy atom. The molecular weight excluding hydrogens is 297 g/mol. The topological polar surface area (TPSA) is 35.2 Å². The van der Waals surface area contributed by atoms with Crippen LogP contribution in [-0.4, -0.2) is 0 Å². The van der Waals surface area contributed by atoms with E-state index in [-0.39, 0.29) is 11.6 Å². The minimum atomic E-state index is -0.372. The highest BCUT2D eigenvalue weighted by Gasteiger charge is 2.06. The van der Waals surface area contributed by atoms with Gasteiger partial charge < -0.3 is 10.5 Å². The minimum Gasteiger partial charge on any atom is -0.486 e. The van der Waals surface area contributed by atoms with Crippen molar-refractivity contribution in [3.05, 3.63) is 63.9 Å². The Balaban J connectivity index is 2.14. The van der Waals surface area contributed by atoms with Gasteiger partial charge in [-0.15, -0.1) is 0 Å². The molecule has 2 N–H and O–H groups in total. The molecule has 0 spiro atoms. The standard InChI is InChI=1S/C14H13BrFNO/c15-12-5-6-13(16)14(7-12)18-9-11-4-2-1-3-10(11)8-17/h1-7H,8-9,17H2. The van der Waals surface area contributed by atoms with Crippen molar-refractivity contribution in [1.29, 1.82) is 0 Å². The Bertz CT molecular complexity index is 545. The first kappa shape index (κ1) is 13.1. The van der Waals surface area contributed by atoms with Crippen LogP contribution in [0, 0.1) is 5.82 Å². The maximum atomic E-state index is 13.5. The van der Waals surface area contributed by atoms with Gasteiger partial charge in [0.05, 0.1) is 0 Å². The van der Waals surface area contributed by atoms with Crippen molar-refractivity contribution in [2.24, 2.45) is 5.73 Å². The zero-order valence-corrected chi connectivity index (χ0v) is 11.3. The van der Waals surface area contributed by atoms with Crippen LogP contribution in [0.1, 0.15) is 11.1 Å². The minimum absolute atomic E-state index is 0.233. The highest BCUT2D eigenvalue weighted by Crippen LogP contribution is 2.23. The second-order valence-electron chi connectivity index (χ2n) is 3.84. The number of nitrogens with two attached hydrogens (primary N) is 1. The molecule has 0 saturated heterocycles. The van der Waals surface area contributed by atoms with E-state index in [0.717, 1.165) is 15.6 Å². The average Bonchev–Trinajstić information content (AvgIpc) is 2.40. The molecule has 2 aromatic carbocycles. The van der Waals surface area contributed by atoms with Gasteiger partial charge in [0.2, 0.25) is 0 Å². The summed E-state index contributed by atoms with van der Waals surface area (Å²) in [6.07, 6.45) is 0. The van der Waals surface area contributed by atoms with E-state index in [1.54, 1.807) is 12.1 Å². The maximum absolute atomic E-state index is 13.5. The van der Waals surface area contributed by atoms with Crippen molar-refractivity contribution in [3.8, 4) is 5.75 Å². The van der Waals surface area contributed by atoms with E-state index >= 15 is 0 Å². The van der Waals surface area contributed by atoms with Gasteiger partial charge in [0.15, 0.2) is 11.6 Å². The lowest BCUT2D eigenvalue weighted by Crippen LogP contribution is -2.05. The number of hydrogen-bond donors (Lipinski definition) is 1. The van der Waals surface area contributed by atoms with Crippen molar-refractivity contribution >= 4 is 15.9 Å². The second-order valence-corrected chi connectivity index (χ2v) is 4.75. The first-order valence-corrected chi connectivity index (χ1v) is 6.34. The van der Waals surface area contributed by atoms with Gasteiger partial charge in [-0.3, -0.25) is 0 Å². The zero-order valence-electron chi connectivity index (χ0n) is 9.70. The van der Waals surface area contributed by atoms with Crippen LogP contribution < -0.4 is 10.5 Å². The Kier molecular flexibility index (Phi) is 4.33. The monoisotopic (exact) mass is 309 g/mol. The molecule has 0 aliphatic heterocycles. The van der Waals surface area contributed by atoms with E-state index in [1.807, 2.05) is 24.3 Å². The molecule has 0 bridgehead atoms.